The lowest BCUT2D eigenvalue weighted by molar-refractivity contribution is 0.775. The van der Waals surface area contributed by atoms with Gasteiger partial charge in [0, 0.05) is 12.7 Å². The second kappa shape index (κ2) is 3.66. The number of nitrogens with zero attached hydrogens (tertiary/aromatic N) is 2. The van der Waals surface area contributed by atoms with Gasteiger partial charge >= 0.3 is 0 Å². The molecule has 2 heterocycles. The minimum absolute atomic E-state index is 0.182. The van der Waals surface area contributed by atoms with Crippen LogP contribution in [0.1, 0.15) is 32.3 Å². The molecule has 0 radical (unpaired) electrons. The van der Waals surface area contributed by atoms with E-state index < -0.39 is 0 Å². The number of nitrogens with two attached hydrogens (primary N) is 1. The molecule has 5 nitrogen and oxygen atoms in total. The topological polar surface area (TPSA) is 76.7 Å². The molecule has 16 heavy (non-hydrogen) atoms. The standard InChI is InChI=1S/C11H16N4O/c1-4-15-5-7(6(2)3)8-9(15)11(16)14-13-10(8)12/h5-6H,4H2,1-3H3,(H2,12,13)(H,14,16). The Hall–Kier alpha value is -1.78. The minimum atomic E-state index is -0.182. The van der Waals surface area contributed by atoms with Gasteiger partial charge in [-0.05, 0) is 18.4 Å². The zero-order valence-electron chi connectivity index (χ0n) is 9.74. The van der Waals surface area contributed by atoms with Gasteiger partial charge in [-0.3, -0.25) is 4.79 Å². The van der Waals surface area contributed by atoms with Gasteiger partial charge in [0.15, 0.2) is 5.82 Å². The number of aromatic amines is 1. The zero-order valence-corrected chi connectivity index (χ0v) is 9.74. The Bertz CT molecular complexity index is 579. The van der Waals surface area contributed by atoms with Crippen LogP contribution in [0.25, 0.3) is 10.9 Å². The molecular formula is C11H16N4O. The van der Waals surface area contributed by atoms with Gasteiger partial charge in [-0.1, -0.05) is 13.8 Å². The van der Waals surface area contributed by atoms with Crippen LogP contribution in [0.15, 0.2) is 11.0 Å². The Morgan fingerprint density at radius 3 is 2.81 bits per heavy atom. The largest absolute Gasteiger partial charge is 0.382 e. The van der Waals surface area contributed by atoms with Gasteiger partial charge in [0.25, 0.3) is 5.56 Å². The third-order valence-electron chi connectivity index (χ3n) is 2.82. The first-order valence-corrected chi connectivity index (χ1v) is 5.43. The van der Waals surface area contributed by atoms with Gasteiger partial charge in [0.1, 0.15) is 5.52 Å². The molecule has 0 aliphatic rings. The van der Waals surface area contributed by atoms with Crippen molar-refractivity contribution in [3.63, 3.8) is 0 Å². The Morgan fingerprint density at radius 2 is 2.25 bits per heavy atom. The molecule has 5 heteroatoms. The molecule has 2 rings (SSSR count). The summed E-state index contributed by atoms with van der Waals surface area (Å²) >= 11 is 0. The fourth-order valence-corrected chi connectivity index (χ4v) is 2.00. The van der Waals surface area contributed by atoms with Crippen LogP contribution in [0, 0.1) is 0 Å². The molecule has 0 aliphatic carbocycles. The van der Waals surface area contributed by atoms with Crippen LogP contribution < -0.4 is 11.3 Å². The maximum absolute atomic E-state index is 11.8. The van der Waals surface area contributed by atoms with Crippen molar-refractivity contribution in [2.75, 3.05) is 5.73 Å². The number of nitrogens with one attached hydrogen (secondary N) is 1. The molecule has 0 aromatic carbocycles. The lowest BCUT2D eigenvalue weighted by atomic mass is 10.0. The monoisotopic (exact) mass is 220 g/mol. The Labute approximate surface area is 93.3 Å². The molecule has 0 saturated carbocycles. The van der Waals surface area contributed by atoms with E-state index in [1.54, 1.807) is 0 Å². The van der Waals surface area contributed by atoms with Gasteiger partial charge in [-0.15, -0.1) is 0 Å². The molecule has 2 aromatic rings. The van der Waals surface area contributed by atoms with Gasteiger partial charge < -0.3 is 10.3 Å². The summed E-state index contributed by atoms with van der Waals surface area (Å²) in [7, 11) is 0. The summed E-state index contributed by atoms with van der Waals surface area (Å²) in [6, 6.07) is 0. The molecule has 0 atom stereocenters. The maximum Gasteiger partial charge on any atom is 0.288 e. The van der Waals surface area contributed by atoms with E-state index in [1.807, 2.05) is 17.7 Å². The first-order chi connectivity index (χ1) is 7.56. The molecule has 0 bridgehead atoms. The summed E-state index contributed by atoms with van der Waals surface area (Å²) in [5.41, 5.74) is 7.36. The molecule has 0 aliphatic heterocycles. The fraction of sp³-hybridized carbons (Fsp3) is 0.455. The number of hydrogen-bond donors (Lipinski definition) is 2. The first kappa shape index (κ1) is 10.7. The number of fused-ring (bicyclic) bond motifs is 1. The first-order valence-electron chi connectivity index (χ1n) is 5.43. The highest BCUT2D eigenvalue weighted by atomic mass is 16.1. The van der Waals surface area contributed by atoms with Gasteiger partial charge in [0.05, 0.1) is 5.39 Å². The van der Waals surface area contributed by atoms with Crippen molar-refractivity contribution in [3.05, 3.63) is 22.1 Å². The summed E-state index contributed by atoms with van der Waals surface area (Å²) in [6.07, 6.45) is 1.99. The van der Waals surface area contributed by atoms with E-state index >= 15 is 0 Å². The molecular weight excluding hydrogens is 204 g/mol. The van der Waals surface area contributed by atoms with Crippen LogP contribution >= 0.6 is 0 Å². The Kier molecular flexibility index (Phi) is 2.46. The van der Waals surface area contributed by atoms with Crippen LogP contribution in [0.2, 0.25) is 0 Å². The lowest BCUT2D eigenvalue weighted by Crippen LogP contribution is -2.13. The molecule has 0 fully saturated rings. The van der Waals surface area contributed by atoms with Crippen LogP contribution in [-0.2, 0) is 6.54 Å². The van der Waals surface area contributed by atoms with E-state index in [-0.39, 0.29) is 5.56 Å². The molecule has 2 aromatic heterocycles. The second-order valence-corrected chi connectivity index (χ2v) is 4.19. The number of hydrogen-bond acceptors (Lipinski definition) is 3. The summed E-state index contributed by atoms with van der Waals surface area (Å²) in [5, 5.41) is 7.03. The van der Waals surface area contributed by atoms with Crippen LogP contribution in [-0.4, -0.2) is 14.8 Å². The summed E-state index contributed by atoms with van der Waals surface area (Å²) < 4.78 is 1.92. The third kappa shape index (κ3) is 1.39. The average Bonchev–Trinajstić information content (AvgIpc) is 2.64. The maximum atomic E-state index is 11.8. The van der Waals surface area contributed by atoms with E-state index in [1.165, 1.54) is 0 Å². The predicted molar refractivity (Wildman–Crippen MR) is 64.5 cm³/mol. The van der Waals surface area contributed by atoms with Crippen LogP contribution in [0.5, 0.6) is 0 Å². The van der Waals surface area contributed by atoms with E-state index in [0.29, 0.717) is 17.3 Å². The van der Waals surface area contributed by atoms with Crippen molar-refractivity contribution < 1.29 is 0 Å². The predicted octanol–water partition coefficient (Wildman–Crippen LogP) is 1.45. The van der Waals surface area contributed by atoms with E-state index in [2.05, 4.69) is 24.0 Å². The zero-order chi connectivity index (χ0) is 11.9. The number of anilines is 1. The summed E-state index contributed by atoms with van der Waals surface area (Å²) in [6.45, 7) is 6.90. The number of nitrogen functional groups attached to an aromatic ring is 1. The molecule has 86 valence electrons. The minimum Gasteiger partial charge on any atom is -0.382 e. The normalized spacial score (nSPS) is 11.5. The Morgan fingerprint density at radius 1 is 1.56 bits per heavy atom. The van der Waals surface area contributed by atoms with E-state index in [4.69, 9.17) is 5.73 Å². The van der Waals surface area contributed by atoms with Gasteiger partial charge in [0.2, 0.25) is 0 Å². The SMILES string of the molecule is CCn1cc(C(C)C)c2c(N)n[nH]c(=O)c21. The molecule has 0 saturated heterocycles. The lowest BCUT2D eigenvalue weighted by Gasteiger charge is -2.02. The number of H-pyrrole nitrogens is 1. The molecule has 3 N–H and O–H groups in total. The van der Waals surface area contributed by atoms with Crippen molar-refractivity contribution in [2.24, 2.45) is 0 Å². The highest BCUT2D eigenvalue weighted by molar-refractivity contribution is 5.92. The van der Waals surface area contributed by atoms with E-state index in [0.717, 1.165) is 17.5 Å². The third-order valence-corrected chi connectivity index (χ3v) is 2.82. The van der Waals surface area contributed by atoms with E-state index in [9.17, 15) is 4.79 Å². The van der Waals surface area contributed by atoms with Crippen molar-refractivity contribution >= 4 is 16.7 Å². The Balaban J connectivity index is 2.95. The number of aryl methyl sites for hydroxylation is 1. The second-order valence-electron chi connectivity index (χ2n) is 4.19. The summed E-state index contributed by atoms with van der Waals surface area (Å²) in [4.78, 5) is 11.8. The molecule has 0 unspecified atom stereocenters. The smallest absolute Gasteiger partial charge is 0.288 e. The van der Waals surface area contributed by atoms with Gasteiger partial charge in [-0.2, -0.15) is 5.10 Å². The molecule has 0 spiro atoms. The van der Waals surface area contributed by atoms with Crippen molar-refractivity contribution in [1.29, 1.82) is 0 Å². The number of rotatable bonds is 2. The van der Waals surface area contributed by atoms with Gasteiger partial charge in [-0.25, -0.2) is 5.10 Å². The summed E-state index contributed by atoms with van der Waals surface area (Å²) in [5.74, 6) is 0.715. The average molecular weight is 220 g/mol. The fourth-order valence-electron chi connectivity index (χ4n) is 2.00. The van der Waals surface area contributed by atoms with Crippen molar-refractivity contribution in [2.45, 2.75) is 33.2 Å². The quantitative estimate of drug-likeness (QED) is 0.804. The molecule has 0 amide bonds. The van der Waals surface area contributed by atoms with Crippen molar-refractivity contribution in [1.82, 2.24) is 14.8 Å². The highest BCUT2D eigenvalue weighted by Gasteiger charge is 2.16. The highest BCUT2D eigenvalue weighted by Crippen LogP contribution is 2.28. The van der Waals surface area contributed by atoms with Crippen molar-refractivity contribution in [3.8, 4) is 0 Å². The van der Waals surface area contributed by atoms with Crippen LogP contribution in [0.4, 0.5) is 5.82 Å². The van der Waals surface area contributed by atoms with Crippen LogP contribution in [0.3, 0.4) is 0 Å². The number of aromatic nitrogens is 3.